The number of aryl methyl sites for hydroxylation is 2. The smallest absolute Gasteiger partial charge is 0.187 e. The summed E-state index contributed by atoms with van der Waals surface area (Å²) in [6.07, 6.45) is 3.23. The number of Topliss-reactive ketones (excluding diaryl/α,β-unsaturated/α-hetero) is 1. The average Bonchev–Trinajstić information content (AvgIpc) is 2.77. The van der Waals surface area contributed by atoms with E-state index in [1.165, 1.54) is 5.56 Å². The van der Waals surface area contributed by atoms with Gasteiger partial charge < -0.3 is 0 Å². The van der Waals surface area contributed by atoms with Crippen molar-refractivity contribution in [2.45, 2.75) is 19.8 Å². The highest BCUT2D eigenvalue weighted by Crippen LogP contribution is 2.08. The number of carbonyl (C=O) groups is 1. The van der Waals surface area contributed by atoms with E-state index in [0.29, 0.717) is 12.1 Å². The second-order valence-corrected chi connectivity index (χ2v) is 4.14. The summed E-state index contributed by atoms with van der Waals surface area (Å²) in [6, 6.07) is 9.92. The molecule has 3 heteroatoms. The van der Waals surface area contributed by atoms with Gasteiger partial charge in [-0.05, 0) is 23.6 Å². The minimum atomic E-state index is 0.0647. The van der Waals surface area contributed by atoms with Crippen molar-refractivity contribution in [1.29, 1.82) is 0 Å². The third kappa shape index (κ3) is 2.81. The van der Waals surface area contributed by atoms with Gasteiger partial charge in [-0.3, -0.25) is 9.48 Å². The number of aromatic nitrogens is 2. The third-order valence-electron chi connectivity index (χ3n) is 2.80. The van der Waals surface area contributed by atoms with Gasteiger partial charge in [-0.1, -0.05) is 31.2 Å². The highest BCUT2D eigenvalue weighted by molar-refractivity contribution is 5.95. The molecule has 0 saturated heterocycles. The Bertz CT molecular complexity index is 511. The van der Waals surface area contributed by atoms with E-state index in [2.05, 4.69) is 24.2 Å². The number of carbonyl (C=O) groups excluding carboxylic acids is 1. The molecule has 0 spiro atoms. The van der Waals surface area contributed by atoms with E-state index in [0.717, 1.165) is 12.0 Å². The average molecular weight is 228 g/mol. The predicted octanol–water partition coefficient (Wildman–Crippen LogP) is 2.41. The van der Waals surface area contributed by atoms with Crippen LogP contribution in [-0.2, 0) is 19.9 Å². The quantitative estimate of drug-likeness (QED) is 0.753. The lowest BCUT2D eigenvalue weighted by Gasteiger charge is -2.01. The Morgan fingerprint density at radius 2 is 1.82 bits per heavy atom. The molecule has 0 atom stereocenters. The molecule has 3 nitrogen and oxygen atoms in total. The Hall–Kier alpha value is -1.90. The molecule has 2 rings (SSSR count). The number of hydrogen-bond donors (Lipinski definition) is 0. The number of nitrogens with zero attached hydrogens (tertiary/aromatic N) is 2. The van der Waals surface area contributed by atoms with Crippen LogP contribution in [0, 0.1) is 0 Å². The van der Waals surface area contributed by atoms with Crippen molar-refractivity contribution >= 4 is 5.78 Å². The van der Waals surface area contributed by atoms with Crippen molar-refractivity contribution in [2.24, 2.45) is 7.05 Å². The first kappa shape index (κ1) is 11.6. The van der Waals surface area contributed by atoms with Gasteiger partial charge in [0.1, 0.15) is 5.69 Å². The summed E-state index contributed by atoms with van der Waals surface area (Å²) in [6.45, 7) is 2.12. The van der Waals surface area contributed by atoms with E-state index in [-0.39, 0.29) is 5.78 Å². The minimum Gasteiger partial charge on any atom is -0.292 e. The maximum atomic E-state index is 11.9. The summed E-state index contributed by atoms with van der Waals surface area (Å²) in [5.74, 6) is 0.0647. The Labute approximate surface area is 101 Å². The molecule has 0 radical (unpaired) electrons. The lowest BCUT2D eigenvalue weighted by atomic mass is 10.0. The molecule has 0 unspecified atom stereocenters. The summed E-state index contributed by atoms with van der Waals surface area (Å²) >= 11 is 0. The zero-order valence-corrected chi connectivity index (χ0v) is 10.2. The van der Waals surface area contributed by atoms with Gasteiger partial charge >= 0.3 is 0 Å². The van der Waals surface area contributed by atoms with Crippen LogP contribution in [-0.4, -0.2) is 15.6 Å². The van der Waals surface area contributed by atoms with Gasteiger partial charge in [-0.15, -0.1) is 0 Å². The standard InChI is InChI=1S/C14H16N2O/c1-3-11-4-6-12(7-5-11)10-14(17)13-8-9-16(2)15-13/h4-9H,3,10H2,1-2H3. The fraction of sp³-hybridized carbons (Fsp3) is 0.286. The van der Waals surface area contributed by atoms with E-state index >= 15 is 0 Å². The summed E-state index contributed by atoms with van der Waals surface area (Å²) in [4.78, 5) is 11.9. The van der Waals surface area contributed by atoms with E-state index in [1.807, 2.05) is 19.2 Å². The molecule has 2 aromatic rings. The van der Waals surface area contributed by atoms with Crippen molar-refractivity contribution < 1.29 is 4.79 Å². The molecule has 0 saturated carbocycles. The lowest BCUT2D eigenvalue weighted by Crippen LogP contribution is -2.05. The SMILES string of the molecule is CCc1ccc(CC(=O)c2ccn(C)n2)cc1. The van der Waals surface area contributed by atoms with Crippen LogP contribution in [0.4, 0.5) is 0 Å². The van der Waals surface area contributed by atoms with E-state index in [9.17, 15) is 4.79 Å². The van der Waals surface area contributed by atoms with Crippen molar-refractivity contribution in [3.05, 3.63) is 53.3 Å². The number of benzene rings is 1. The maximum Gasteiger partial charge on any atom is 0.187 e. The number of hydrogen-bond acceptors (Lipinski definition) is 2. The van der Waals surface area contributed by atoms with Gasteiger partial charge in [-0.25, -0.2) is 0 Å². The van der Waals surface area contributed by atoms with Gasteiger partial charge in [0.2, 0.25) is 0 Å². The molecular formula is C14H16N2O. The highest BCUT2D eigenvalue weighted by atomic mass is 16.1. The zero-order valence-electron chi connectivity index (χ0n) is 10.2. The van der Waals surface area contributed by atoms with Gasteiger partial charge in [0.15, 0.2) is 5.78 Å². The first-order valence-corrected chi connectivity index (χ1v) is 5.79. The van der Waals surface area contributed by atoms with E-state index < -0.39 is 0 Å². The summed E-state index contributed by atoms with van der Waals surface area (Å²) in [5.41, 5.74) is 2.86. The molecule has 0 amide bonds. The molecular weight excluding hydrogens is 212 g/mol. The van der Waals surface area contributed by atoms with E-state index in [1.54, 1.807) is 16.9 Å². The fourth-order valence-corrected chi connectivity index (χ4v) is 1.73. The van der Waals surface area contributed by atoms with Gasteiger partial charge in [-0.2, -0.15) is 5.10 Å². The van der Waals surface area contributed by atoms with Gasteiger partial charge in [0.05, 0.1) is 0 Å². The second-order valence-electron chi connectivity index (χ2n) is 4.14. The first-order valence-electron chi connectivity index (χ1n) is 5.79. The van der Waals surface area contributed by atoms with Crippen LogP contribution in [0.5, 0.6) is 0 Å². The highest BCUT2D eigenvalue weighted by Gasteiger charge is 2.09. The van der Waals surface area contributed by atoms with Crippen LogP contribution in [0.25, 0.3) is 0 Å². The van der Waals surface area contributed by atoms with Crippen molar-refractivity contribution in [1.82, 2.24) is 9.78 Å². The van der Waals surface area contributed by atoms with Crippen LogP contribution >= 0.6 is 0 Å². The molecule has 1 aromatic heterocycles. The van der Waals surface area contributed by atoms with Crippen LogP contribution in [0.1, 0.15) is 28.5 Å². The van der Waals surface area contributed by atoms with Gasteiger partial charge in [0, 0.05) is 19.7 Å². The first-order chi connectivity index (χ1) is 8.19. The summed E-state index contributed by atoms with van der Waals surface area (Å²) in [7, 11) is 1.81. The minimum absolute atomic E-state index is 0.0647. The molecule has 0 fully saturated rings. The van der Waals surface area contributed by atoms with Gasteiger partial charge in [0.25, 0.3) is 0 Å². The largest absolute Gasteiger partial charge is 0.292 e. The molecule has 0 bridgehead atoms. The molecule has 0 N–H and O–H groups in total. The molecule has 0 aliphatic heterocycles. The predicted molar refractivity (Wildman–Crippen MR) is 67.1 cm³/mol. The maximum absolute atomic E-state index is 11.9. The van der Waals surface area contributed by atoms with Crippen LogP contribution in [0.15, 0.2) is 36.5 Å². The molecule has 88 valence electrons. The van der Waals surface area contributed by atoms with E-state index in [4.69, 9.17) is 0 Å². The molecule has 1 heterocycles. The summed E-state index contributed by atoms with van der Waals surface area (Å²) in [5, 5.41) is 4.11. The molecule has 0 aliphatic carbocycles. The topological polar surface area (TPSA) is 34.9 Å². The molecule has 17 heavy (non-hydrogen) atoms. The Kier molecular flexibility index (Phi) is 3.38. The second kappa shape index (κ2) is 4.95. The molecule has 0 aliphatic rings. The van der Waals surface area contributed by atoms with Crippen LogP contribution in [0.3, 0.4) is 0 Å². The van der Waals surface area contributed by atoms with Crippen molar-refractivity contribution in [3.63, 3.8) is 0 Å². The Morgan fingerprint density at radius 3 is 2.35 bits per heavy atom. The van der Waals surface area contributed by atoms with Crippen molar-refractivity contribution in [2.75, 3.05) is 0 Å². The summed E-state index contributed by atoms with van der Waals surface area (Å²) < 4.78 is 1.65. The van der Waals surface area contributed by atoms with Crippen molar-refractivity contribution in [3.8, 4) is 0 Å². The lowest BCUT2D eigenvalue weighted by molar-refractivity contribution is 0.0987. The van der Waals surface area contributed by atoms with Crippen LogP contribution in [0.2, 0.25) is 0 Å². The third-order valence-corrected chi connectivity index (χ3v) is 2.80. The molecule has 1 aromatic carbocycles. The Morgan fingerprint density at radius 1 is 1.18 bits per heavy atom. The monoisotopic (exact) mass is 228 g/mol. The van der Waals surface area contributed by atoms with Crippen LogP contribution < -0.4 is 0 Å². The Balaban J connectivity index is 2.07. The zero-order chi connectivity index (χ0) is 12.3. The normalized spacial score (nSPS) is 10.5. The number of rotatable bonds is 4. The number of ketones is 1. The fourth-order valence-electron chi connectivity index (χ4n) is 1.73.